The lowest BCUT2D eigenvalue weighted by molar-refractivity contribution is 0.101. The molecule has 0 spiro atoms. The van der Waals surface area contributed by atoms with Crippen molar-refractivity contribution in [3.05, 3.63) is 22.4 Å². The maximum Gasteiger partial charge on any atom is 0.0576 e. The Bertz CT molecular complexity index is 306. The number of rotatable bonds is 8. The van der Waals surface area contributed by atoms with Crippen LogP contribution in [0.15, 0.2) is 17.5 Å². The van der Waals surface area contributed by atoms with Crippen molar-refractivity contribution in [2.45, 2.75) is 57.6 Å². The molecule has 1 N–H and O–H groups in total. The highest BCUT2D eigenvalue weighted by molar-refractivity contribution is 7.10. The normalized spacial score (nSPS) is 21.3. The van der Waals surface area contributed by atoms with E-state index in [4.69, 9.17) is 4.74 Å². The molecular formula is C15H25NOS. The minimum atomic E-state index is 0.542. The summed E-state index contributed by atoms with van der Waals surface area (Å²) < 4.78 is 5.69. The Morgan fingerprint density at radius 3 is 3.17 bits per heavy atom. The van der Waals surface area contributed by atoms with Crippen molar-refractivity contribution in [2.75, 3.05) is 13.2 Å². The zero-order valence-electron chi connectivity index (χ0n) is 11.4. The van der Waals surface area contributed by atoms with Gasteiger partial charge in [-0.3, -0.25) is 0 Å². The fourth-order valence-electron chi connectivity index (χ4n) is 2.57. The Labute approximate surface area is 115 Å². The summed E-state index contributed by atoms with van der Waals surface area (Å²) in [6.07, 6.45) is 8.01. The Balaban J connectivity index is 1.74. The maximum atomic E-state index is 5.69. The Hall–Kier alpha value is -0.380. The van der Waals surface area contributed by atoms with Gasteiger partial charge < -0.3 is 10.1 Å². The minimum Gasteiger partial charge on any atom is -0.378 e. The first-order chi connectivity index (χ1) is 8.90. The van der Waals surface area contributed by atoms with Crippen LogP contribution in [0, 0.1) is 0 Å². The van der Waals surface area contributed by atoms with Crippen molar-refractivity contribution in [2.24, 2.45) is 0 Å². The van der Waals surface area contributed by atoms with Crippen LogP contribution in [-0.4, -0.2) is 19.3 Å². The van der Waals surface area contributed by atoms with E-state index in [1.165, 1.54) is 43.4 Å². The van der Waals surface area contributed by atoms with Crippen LogP contribution in [0.2, 0.25) is 0 Å². The minimum absolute atomic E-state index is 0.542. The van der Waals surface area contributed by atoms with Gasteiger partial charge in [0.1, 0.15) is 0 Å². The lowest BCUT2D eigenvalue weighted by Gasteiger charge is -2.18. The van der Waals surface area contributed by atoms with Gasteiger partial charge in [0.2, 0.25) is 0 Å². The molecule has 0 radical (unpaired) electrons. The van der Waals surface area contributed by atoms with Gasteiger partial charge in [-0.05, 0) is 56.5 Å². The standard InChI is InChI=1S/C15H25NOS/c1-2-10-16-14(15-9-5-12-18-15)8-3-6-13-7-4-11-17-13/h5,9,12-14,16H,2-4,6-8,10-11H2,1H3. The molecule has 1 aliphatic heterocycles. The molecule has 3 heteroatoms. The molecule has 0 amide bonds. The summed E-state index contributed by atoms with van der Waals surface area (Å²) in [5, 5.41) is 5.84. The summed E-state index contributed by atoms with van der Waals surface area (Å²) in [5.41, 5.74) is 0. The third-order valence-electron chi connectivity index (χ3n) is 3.57. The summed E-state index contributed by atoms with van der Waals surface area (Å²) in [5.74, 6) is 0. The molecule has 102 valence electrons. The summed E-state index contributed by atoms with van der Waals surface area (Å²) in [4.78, 5) is 1.48. The van der Waals surface area contributed by atoms with Gasteiger partial charge in [0.05, 0.1) is 6.10 Å². The summed E-state index contributed by atoms with van der Waals surface area (Å²) in [6, 6.07) is 4.96. The van der Waals surface area contributed by atoms with Crippen molar-refractivity contribution in [3.8, 4) is 0 Å². The van der Waals surface area contributed by atoms with Gasteiger partial charge in [-0.2, -0.15) is 0 Å². The molecule has 0 aliphatic carbocycles. The first-order valence-electron chi connectivity index (χ1n) is 7.28. The van der Waals surface area contributed by atoms with Crippen molar-refractivity contribution >= 4 is 11.3 Å². The highest BCUT2D eigenvalue weighted by Crippen LogP contribution is 2.26. The quantitative estimate of drug-likeness (QED) is 0.764. The molecule has 1 aromatic rings. The van der Waals surface area contributed by atoms with Gasteiger partial charge in [0.15, 0.2) is 0 Å². The zero-order valence-corrected chi connectivity index (χ0v) is 12.2. The van der Waals surface area contributed by atoms with Crippen LogP contribution < -0.4 is 5.32 Å². The maximum absolute atomic E-state index is 5.69. The zero-order chi connectivity index (χ0) is 12.6. The van der Waals surface area contributed by atoms with E-state index in [-0.39, 0.29) is 0 Å². The average Bonchev–Trinajstić information content (AvgIpc) is 3.05. The van der Waals surface area contributed by atoms with Crippen molar-refractivity contribution in [1.82, 2.24) is 5.32 Å². The molecule has 0 bridgehead atoms. The third kappa shape index (κ3) is 4.38. The number of ether oxygens (including phenoxy) is 1. The molecule has 2 atom stereocenters. The lowest BCUT2D eigenvalue weighted by atomic mass is 10.0. The molecule has 2 rings (SSSR count). The molecule has 1 aromatic heterocycles. The molecule has 1 aliphatic rings. The topological polar surface area (TPSA) is 21.3 Å². The van der Waals surface area contributed by atoms with Gasteiger partial charge in [0.25, 0.3) is 0 Å². The van der Waals surface area contributed by atoms with Crippen LogP contribution in [0.5, 0.6) is 0 Å². The van der Waals surface area contributed by atoms with Crippen LogP contribution in [0.4, 0.5) is 0 Å². The lowest BCUT2D eigenvalue weighted by Crippen LogP contribution is -2.21. The number of hydrogen-bond donors (Lipinski definition) is 1. The first-order valence-corrected chi connectivity index (χ1v) is 8.16. The van der Waals surface area contributed by atoms with E-state index < -0.39 is 0 Å². The van der Waals surface area contributed by atoms with E-state index in [1.807, 2.05) is 11.3 Å². The predicted octanol–water partition coefficient (Wildman–Crippen LogP) is 4.14. The number of hydrogen-bond acceptors (Lipinski definition) is 3. The molecule has 2 nitrogen and oxygen atoms in total. The van der Waals surface area contributed by atoms with Gasteiger partial charge in [0, 0.05) is 17.5 Å². The molecule has 0 aromatic carbocycles. The first kappa shape index (κ1) is 14.0. The largest absolute Gasteiger partial charge is 0.378 e. The van der Waals surface area contributed by atoms with Crippen LogP contribution in [-0.2, 0) is 4.74 Å². The molecule has 0 saturated carbocycles. The molecule has 1 fully saturated rings. The van der Waals surface area contributed by atoms with E-state index >= 15 is 0 Å². The van der Waals surface area contributed by atoms with E-state index in [2.05, 4.69) is 29.8 Å². The van der Waals surface area contributed by atoms with Gasteiger partial charge >= 0.3 is 0 Å². The third-order valence-corrected chi connectivity index (χ3v) is 4.56. The second-order valence-corrected chi connectivity index (χ2v) is 6.07. The van der Waals surface area contributed by atoms with Crippen LogP contribution >= 0.6 is 11.3 Å². The SMILES string of the molecule is CCCNC(CCCC1CCCO1)c1cccs1. The molecule has 2 unspecified atom stereocenters. The fourth-order valence-corrected chi connectivity index (χ4v) is 3.41. The van der Waals surface area contributed by atoms with E-state index in [0.717, 1.165) is 13.2 Å². The van der Waals surface area contributed by atoms with Crippen LogP contribution in [0.1, 0.15) is 56.4 Å². The highest BCUT2D eigenvalue weighted by atomic mass is 32.1. The van der Waals surface area contributed by atoms with Crippen LogP contribution in [0.25, 0.3) is 0 Å². The molecule has 18 heavy (non-hydrogen) atoms. The summed E-state index contributed by atoms with van der Waals surface area (Å²) >= 11 is 1.87. The van der Waals surface area contributed by atoms with Crippen molar-refractivity contribution in [3.63, 3.8) is 0 Å². The van der Waals surface area contributed by atoms with Crippen LogP contribution in [0.3, 0.4) is 0 Å². The van der Waals surface area contributed by atoms with Gasteiger partial charge in [-0.1, -0.05) is 13.0 Å². The second kappa shape index (κ2) is 7.93. The molecule has 2 heterocycles. The second-order valence-electron chi connectivity index (χ2n) is 5.09. The predicted molar refractivity (Wildman–Crippen MR) is 78.2 cm³/mol. The highest BCUT2D eigenvalue weighted by Gasteiger charge is 2.17. The van der Waals surface area contributed by atoms with Gasteiger partial charge in [-0.15, -0.1) is 11.3 Å². The Morgan fingerprint density at radius 2 is 2.50 bits per heavy atom. The smallest absolute Gasteiger partial charge is 0.0576 e. The Kier molecular flexibility index (Phi) is 6.18. The van der Waals surface area contributed by atoms with Crippen molar-refractivity contribution < 1.29 is 4.74 Å². The fraction of sp³-hybridized carbons (Fsp3) is 0.733. The summed E-state index contributed by atoms with van der Waals surface area (Å²) in [6.45, 7) is 4.32. The molecule has 1 saturated heterocycles. The number of nitrogens with one attached hydrogen (secondary N) is 1. The Morgan fingerprint density at radius 1 is 1.56 bits per heavy atom. The average molecular weight is 267 g/mol. The van der Waals surface area contributed by atoms with E-state index in [0.29, 0.717) is 12.1 Å². The molecular weight excluding hydrogens is 242 g/mol. The van der Waals surface area contributed by atoms with Gasteiger partial charge in [-0.25, -0.2) is 0 Å². The number of thiophene rings is 1. The van der Waals surface area contributed by atoms with E-state index in [9.17, 15) is 0 Å². The van der Waals surface area contributed by atoms with Crippen molar-refractivity contribution in [1.29, 1.82) is 0 Å². The van der Waals surface area contributed by atoms with E-state index in [1.54, 1.807) is 0 Å². The summed E-state index contributed by atoms with van der Waals surface area (Å²) in [7, 11) is 0. The monoisotopic (exact) mass is 267 g/mol.